The van der Waals surface area contributed by atoms with Crippen LogP contribution in [0.25, 0.3) is 5.57 Å². The van der Waals surface area contributed by atoms with Crippen LogP contribution in [0.4, 0.5) is 14.6 Å². The normalized spacial score (nSPS) is 20.6. The Bertz CT molecular complexity index is 1350. The number of sulfone groups is 1. The molecule has 38 heavy (non-hydrogen) atoms. The summed E-state index contributed by atoms with van der Waals surface area (Å²) in [6.07, 6.45) is 4.81. The lowest BCUT2D eigenvalue weighted by molar-refractivity contribution is 0.0725. The van der Waals surface area contributed by atoms with Gasteiger partial charge in [-0.2, -0.15) is 0 Å². The lowest BCUT2D eigenvalue weighted by Crippen LogP contribution is -2.33. The van der Waals surface area contributed by atoms with Crippen LogP contribution in [0, 0.1) is 0 Å². The van der Waals surface area contributed by atoms with Gasteiger partial charge in [0.25, 0.3) is 6.43 Å². The molecule has 11 heteroatoms. The summed E-state index contributed by atoms with van der Waals surface area (Å²) in [5.41, 5.74) is 2.62. The molecule has 1 saturated carbocycles. The Balaban J connectivity index is 1.39. The molecule has 5 rings (SSSR count). The number of aliphatic hydroxyl groups is 1. The van der Waals surface area contributed by atoms with Gasteiger partial charge in [0, 0.05) is 30.8 Å². The fraction of sp³-hybridized carbons (Fsp3) is 0.444. The first kappa shape index (κ1) is 27.1. The molecular formula is C27H30ClF2N3O4S. The summed E-state index contributed by atoms with van der Waals surface area (Å²) in [6, 6.07) is 8.64. The smallest absolute Gasteiger partial charge is 0.251 e. The Kier molecular flexibility index (Phi) is 8.04. The number of anilines is 1. The van der Waals surface area contributed by atoms with Crippen molar-refractivity contribution in [1.82, 2.24) is 9.88 Å². The average molecular weight is 566 g/mol. The molecule has 2 heterocycles. The lowest BCUT2D eigenvalue weighted by atomic mass is 9.80. The number of allylic oxidation sites excluding steroid dienone is 2. The fourth-order valence-electron chi connectivity index (χ4n) is 5.13. The van der Waals surface area contributed by atoms with Crippen LogP contribution in [-0.4, -0.2) is 74.0 Å². The van der Waals surface area contributed by atoms with E-state index < -0.39 is 22.8 Å². The molecule has 0 saturated heterocycles. The highest BCUT2D eigenvalue weighted by atomic mass is 35.5. The maximum Gasteiger partial charge on any atom is 0.251 e. The van der Waals surface area contributed by atoms with E-state index in [-0.39, 0.29) is 30.4 Å². The minimum Gasteiger partial charge on any atom is -0.496 e. The van der Waals surface area contributed by atoms with Gasteiger partial charge in [-0.05, 0) is 54.7 Å². The van der Waals surface area contributed by atoms with Gasteiger partial charge in [0.15, 0.2) is 9.84 Å². The molecule has 2 atom stereocenters. The molecule has 0 radical (unpaired) electrons. The van der Waals surface area contributed by atoms with Crippen molar-refractivity contribution >= 4 is 32.8 Å². The zero-order chi connectivity index (χ0) is 26.9. The van der Waals surface area contributed by atoms with Gasteiger partial charge in [-0.1, -0.05) is 29.8 Å². The van der Waals surface area contributed by atoms with Crippen LogP contribution in [0.2, 0.25) is 5.02 Å². The van der Waals surface area contributed by atoms with Crippen molar-refractivity contribution in [3.8, 4) is 0 Å². The first-order valence-electron chi connectivity index (χ1n) is 12.7. The first-order valence-corrected chi connectivity index (χ1v) is 14.6. The highest BCUT2D eigenvalue weighted by molar-refractivity contribution is 7.92. The Labute approximate surface area is 226 Å². The van der Waals surface area contributed by atoms with Crippen molar-refractivity contribution in [3.05, 3.63) is 70.6 Å². The van der Waals surface area contributed by atoms with Crippen molar-refractivity contribution < 1.29 is 27.0 Å². The van der Waals surface area contributed by atoms with E-state index in [1.807, 2.05) is 24.3 Å². The van der Waals surface area contributed by atoms with Gasteiger partial charge in [0.2, 0.25) is 0 Å². The van der Waals surface area contributed by atoms with Crippen molar-refractivity contribution in [2.45, 2.75) is 47.8 Å². The molecule has 1 aromatic carbocycles. The summed E-state index contributed by atoms with van der Waals surface area (Å²) < 4.78 is 57.5. The molecule has 2 aromatic rings. The fourth-order valence-corrected chi connectivity index (χ4v) is 7.00. The van der Waals surface area contributed by atoms with Crippen LogP contribution in [0.1, 0.15) is 36.3 Å². The number of alkyl halides is 2. The average Bonchev–Trinajstić information content (AvgIpc) is 3.69. The molecule has 7 nitrogen and oxygen atoms in total. The van der Waals surface area contributed by atoms with Gasteiger partial charge in [-0.3, -0.25) is 4.90 Å². The van der Waals surface area contributed by atoms with Crippen LogP contribution in [0.15, 0.2) is 59.3 Å². The zero-order valence-electron chi connectivity index (χ0n) is 20.7. The van der Waals surface area contributed by atoms with Crippen LogP contribution in [0.5, 0.6) is 0 Å². The van der Waals surface area contributed by atoms with Crippen molar-refractivity contribution in [2.75, 3.05) is 38.2 Å². The third kappa shape index (κ3) is 5.73. The third-order valence-electron chi connectivity index (χ3n) is 7.07. The number of aliphatic hydroxyl groups excluding tert-OH is 1. The number of aromatic nitrogens is 1. The summed E-state index contributed by atoms with van der Waals surface area (Å²) in [7, 11) is -3.34. The molecule has 0 amide bonds. The summed E-state index contributed by atoms with van der Waals surface area (Å²) in [6.45, 7) is 0.295. The predicted molar refractivity (Wildman–Crippen MR) is 142 cm³/mol. The number of hydrogen-bond acceptors (Lipinski definition) is 7. The molecule has 2 unspecified atom stereocenters. The number of hydrogen-bond donors (Lipinski definition) is 2. The van der Waals surface area contributed by atoms with Crippen LogP contribution < -0.4 is 5.32 Å². The van der Waals surface area contributed by atoms with Gasteiger partial charge >= 0.3 is 0 Å². The van der Waals surface area contributed by atoms with Gasteiger partial charge in [-0.25, -0.2) is 22.2 Å². The van der Waals surface area contributed by atoms with Crippen molar-refractivity contribution in [2.24, 2.45) is 0 Å². The number of nitrogens with zero attached hydrogens (tertiary/aromatic N) is 2. The Morgan fingerprint density at radius 2 is 2.03 bits per heavy atom. The highest BCUT2D eigenvalue weighted by Gasteiger charge is 2.42. The maximum absolute atomic E-state index is 12.9. The highest BCUT2D eigenvalue weighted by Crippen LogP contribution is 2.49. The quantitative estimate of drug-likeness (QED) is 0.366. The molecular weight excluding hydrogens is 536 g/mol. The number of nitrogens with one attached hydrogen (secondary N) is 1. The molecule has 1 aromatic heterocycles. The molecule has 0 spiro atoms. The van der Waals surface area contributed by atoms with Gasteiger partial charge in [0.1, 0.15) is 11.6 Å². The zero-order valence-corrected chi connectivity index (χ0v) is 22.3. The van der Waals surface area contributed by atoms with Crippen LogP contribution in [0.3, 0.4) is 0 Å². The number of pyridine rings is 1. The Morgan fingerprint density at radius 1 is 1.21 bits per heavy atom. The molecule has 2 N–H and O–H groups in total. The van der Waals surface area contributed by atoms with E-state index in [0.717, 1.165) is 16.7 Å². The second kappa shape index (κ2) is 11.3. The summed E-state index contributed by atoms with van der Waals surface area (Å²) in [5, 5.41) is 12.8. The minimum absolute atomic E-state index is 0.183. The van der Waals surface area contributed by atoms with E-state index in [0.29, 0.717) is 53.9 Å². The van der Waals surface area contributed by atoms with E-state index in [1.54, 1.807) is 24.4 Å². The Hall–Kier alpha value is -2.53. The standard InChI is InChI=1S/C27H30ClF2N3O4S/c28-18-14-22-25-21(17-3-1-4-20(13-17)38(35,36)19-5-6-19)7-8-23(26(25)32-27(22)31-15-18)37-12-2-9-33(10-11-34)16-24(29)30/h1,3-4,7-8,13-15,19,24-26,34H,2,5-6,9-12,16H2,(H,31,32). The predicted octanol–water partition coefficient (Wildman–Crippen LogP) is 4.50. The number of ether oxygens (including phenoxy) is 1. The van der Waals surface area contributed by atoms with Gasteiger partial charge in [0.05, 0.1) is 41.0 Å². The van der Waals surface area contributed by atoms with E-state index >= 15 is 0 Å². The Morgan fingerprint density at radius 3 is 2.76 bits per heavy atom. The largest absolute Gasteiger partial charge is 0.496 e. The van der Waals surface area contributed by atoms with E-state index in [9.17, 15) is 17.2 Å². The number of benzene rings is 1. The number of halogens is 3. The summed E-state index contributed by atoms with van der Waals surface area (Å²) >= 11 is 6.29. The molecule has 2 aliphatic carbocycles. The molecule has 1 fully saturated rings. The number of fused-ring (bicyclic) bond motifs is 3. The van der Waals surface area contributed by atoms with Gasteiger partial charge in [-0.15, -0.1) is 0 Å². The lowest BCUT2D eigenvalue weighted by Gasteiger charge is -2.29. The molecule has 3 aliphatic rings. The molecule has 0 bridgehead atoms. The van der Waals surface area contributed by atoms with Crippen molar-refractivity contribution in [3.63, 3.8) is 0 Å². The molecule has 204 valence electrons. The van der Waals surface area contributed by atoms with Crippen molar-refractivity contribution in [1.29, 1.82) is 0 Å². The SMILES string of the molecule is O=S(=O)(c1cccc(C2=CC=C(OCCCN(CCO)CC(F)F)C3Nc4ncc(Cl)cc4C23)c1)C1CC1. The van der Waals surface area contributed by atoms with Crippen LogP contribution in [-0.2, 0) is 14.6 Å². The third-order valence-corrected chi connectivity index (χ3v) is 9.54. The first-order chi connectivity index (χ1) is 18.3. The topological polar surface area (TPSA) is 91.8 Å². The van der Waals surface area contributed by atoms with E-state index in [2.05, 4.69) is 10.3 Å². The van der Waals surface area contributed by atoms with Gasteiger partial charge < -0.3 is 15.2 Å². The second-order valence-corrected chi connectivity index (χ2v) is 12.4. The van der Waals surface area contributed by atoms with E-state index in [1.165, 1.54) is 4.90 Å². The molecule has 1 aliphatic heterocycles. The number of rotatable bonds is 12. The second-order valence-electron chi connectivity index (χ2n) is 9.77. The minimum atomic E-state index is -3.34. The summed E-state index contributed by atoms with van der Waals surface area (Å²) in [4.78, 5) is 6.29. The summed E-state index contributed by atoms with van der Waals surface area (Å²) in [5.74, 6) is 1.15. The van der Waals surface area contributed by atoms with E-state index in [4.69, 9.17) is 21.4 Å². The van der Waals surface area contributed by atoms with Crippen LogP contribution >= 0.6 is 11.6 Å². The monoisotopic (exact) mass is 565 g/mol. The maximum atomic E-state index is 12.9.